The topological polar surface area (TPSA) is 170 Å². The summed E-state index contributed by atoms with van der Waals surface area (Å²) in [4.78, 5) is 81.4. The minimum Gasteiger partial charge on any atom is -0.494 e. The number of esters is 4. The lowest BCUT2D eigenvalue weighted by atomic mass is 10.1. The lowest BCUT2D eigenvalue weighted by Gasteiger charge is -2.22. The fraction of sp³-hybridized carbons (Fsp3) is 0.200. The van der Waals surface area contributed by atoms with E-state index in [9.17, 15) is 28.8 Å². The quantitative estimate of drug-likeness (QED) is 0.0257. The van der Waals surface area contributed by atoms with Crippen molar-refractivity contribution >= 4 is 41.4 Å². The van der Waals surface area contributed by atoms with Crippen molar-refractivity contribution in [3.05, 3.63) is 203 Å². The predicted molar refractivity (Wildman–Crippen MR) is 277 cm³/mol. The minimum absolute atomic E-state index is 0.105. The molecule has 14 heteroatoms. The van der Waals surface area contributed by atoms with Gasteiger partial charge in [-0.15, -0.1) is 0 Å². The molecule has 0 unspecified atom stereocenters. The van der Waals surface area contributed by atoms with Gasteiger partial charge in [0.15, 0.2) is 0 Å². The first-order chi connectivity index (χ1) is 36.0. The molecule has 7 rings (SSSR count). The number of imide groups is 1. The summed E-state index contributed by atoms with van der Waals surface area (Å²) < 4.78 is 39.4. The largest absolute Gasteiger partial charge is 0.494 e. The molecule has 378 valence electrons. The first-order valence-corrected chi connectivity index (χ1v) is 24.4. The van der Waals surface area contributed by atoms with Gasteiger partial charge in [0, 0.05) is 17.2 Å². The van der Waals surface area contributed by atoms with E-state index < -0.39 is 35.7 Å². The van der Waals surface area contributed by atoms with E-state index in [-0.39, 0.29) is 50.9 Å². The normalized spacial score (nSPS) is 10.6. The van der Waals surface area contributed by atoms with E-state index in [4.69, 9.17) is 33.2 Å². The first-order valence-electron chi connectivity index (χ1n) is 24.4. The van der Waals surface area contributed by atoms with Gasteiger partial charge in [0.25, 0.3) is 11.8 Å². The van der Waals surface area contributed by atoms with Crippen molar-refractivity contribution in [3.8, 4) is 40.2 Å². The summed E-state index contributed by atoms with van der Waals surface area (Å²) in [6.07, 6.45) is 5.58. The van der Waals surface area contributed by atoms with Crippen LogP contribution in [0.15, 0.2) is 170 Å². The second kappa shape index (κ2) is 26.4. The Hall–Kier alpha value is -9.04. The molecule has 0 spiro atoms. The Bertz CT molecular complexity index is 2830. The highest BCUT2D eigenvalue weighted by Gasteiger charge is 2.27. The minimum atomic E-state index is -0.700. The molecule has 0 radical (unpaired) electrons. The molecule has 0 saturated heterocycles. The Balaban J connectivity index is 0.977. The number of benzene rings is 7. The van der Waals surface area contributed by atoms with Crippen molar-refractivity contribution in [2.45, 2.75) is 59.3 Å². The molecule has 74 heavy (non-hydrogen) atoms. The van der Waals surface area contributed by atoms with Crippen LogP contribution in [0.5, 0.6) is 40.2 Å². The van der Waals surface area contributed by atoms with Crippen molar-refractivity contribution in [2.75, 3.05) is 24.7 Å². The van der Waals surface area contributed by atoms with Crippen molar-refractivity contribution in [3.63, 3.8) is 0 Å². The zero-order valence-electron chi connectivity index (χ0n) is 41.3. The molecular weight excluding hydrogens is 943 g/mol. The Morgan fingerprint density at radius 3 is 0.892 bits per heavy atom. The maximum absolute atomic E-state index is 14.3. The number of carbonyl (C=O) groups is 6. The molecule has 0 fully saturated rings. The maximum Gasteiger partial charge on any atom is 0.343 e. The fourth-order valence-electron chi connectivity index (χ4n) is 6.99. The van der Waals surface area contributed by atoms with Crippen molar-refractivity contribution in [2.24, 2.45) is 0 Å². The Kier molecular flexibility index (Phi) is 18.8. The Morgan fingerprint density at radius 1 is 0.324 bits per heavy atom. The van der Waals surface area contributed by atoms with Gasteiger partial charge in [-0.2, -0.15) is 0 Å². The van der Waals surface area contributed by atoms with Gasteiger partial charge in [0.05, 0.1) is 47.8 Å². The molecule has 2 amide bonds. The Morgan fingerprint density at radius 2 is 0.595 bits per heavy atom. The van der Waals surface area contributed by atoms with Gasteiger partial charge in [-0.05, 0) is 177 Å². The van der Waals surface area contributed by atoms with Gasteiger partial charge in [-0.25, -0.2) is 24.1 Å². The molecule has 7 aromatic carbocycles. The van der Waals surface area contributed by atoms with Gasteiger partial charge in [0.1, 0.15) is 40.2 Å². The molecule has 7 aromatic rings. The molecule has 0 aromatic heterocycles. The Labute approximate surface area is 429 Å². The lowest BCUT2D eigenvalue weighted by Crippen LogP contribution is -2.37. The maximum atomic E-state index is 14.3. The van der Waals surface area contributed by atoms with Crippen LogP contribution in [0.25, 0.3) is 0 Å². The molecule has 0 aliphatic carbocycles. The summed E-state index contributed by atoms with van der Waals surface area (Å²) in [6, 6.07) is 43.1. The lowest BCUT2D eigenvalue weighted by molar-refractivity contribution is 0.0720. The molecule has 14 nitrogen and oxygen atoms in total. The van der Waals surface area contributed by atoms with E-state index in [1.807, 2.05) is 6.92 Å². The van der Waals surface area contributed by atoms with Crippen LogP contribution >= 0.6 is 0 Å². The standard InChI is InChI=1S/C60H55NO13/c1-4-7-37-68-48-25-17-43(18-26-48)57(64)73-52-33-21-45(22-34-52)59(66)71-50-29-13-41(14-30-50)55(62)61(47-11-10-12-54(40-47)70-39-9-6-3)56(63)42-15-31-51(32-16-42)72-60(67)46-23-35-53(36-24-46)74-58(65)44-19-27-49(28-20-44)69-38-8-5-2/h10-36,40H,4-9,37-39H2,1-3H3. The van der Waals surface area contributed by atoms with E-state index in [1.54, 1.807) is 72.8 Å². The van der Waals surface area contributed by atoms with Crippen LogP contribution in [0.2, 0.25) is 0 Å². The third-order valence-corrected chi connectivity index (χ3v) is 11.2. The molecule has 0 aliphatic heterocycles. The average molecular weight is 998 g/mol. The summed E-state index contributed by atoms with van der Waals surface area (Å²) in [5, 5.41) is 0. The van der Waals surface area contributed by atoms with Gasteiger partial charge in [0.2, 0.25) is 0 Å². The van der Waals surface area contributed by atoms with Gasteiger partial charge >= 0.3 is 23.9 Å². The predicted octanol–water partition coefficient (Wildman–Crippen LogP) is 12.6. The highest BCUT2D eigenvalue weighted by molar-refractivity contribution is 6.25. The van der Waals surface area contributed by atoms with Crippen LogP contribution in [0.1, 0.15) is 121 Å². The first kappa shape index (κ1) is 52.8. The number of anilines is 1. The summed E-state index contributed by atoms with van der Waals surface area (Å²) in [5.74, 6) is -1.44. The van der Waals surface area contributed by atoms with Crippen LogP contribution < -0.4 is 38.1 Å². The van der Waals surface area contributed by atoms with Crippen LogP contribution in [0.4, 0.5) is 5.69 Å². The SMILES string of the molecule is CCCCOc1ccc(C(=O)Oc2ccc(C(=O)Oc3ccc(C(=O)N(C(=O)c4ccc(OC(=O)c5ccc(OC(=O)c6ccc(OCCCC)cc6)cc5)cc4)c4cccc(OCCCC)c4)cc3)cc2)cc1. The molecule has 0 saturated carbocycles. The molecular formula is C60H55NO13. The van der Waals surface area contributed by atoms with Crippen molar-refractivity contribution < 1.29 is 61.9 Å². The summed E-state index contributed by atoms with van der Waals surface area (Å²) in [5.41, 5.74) is 1.47. The number of rotatable bonds is 23. The van der Waals surface area contributed by atoms with Crippen LogP contribution in [-0.4, -0.2) is 55.5 Å². The molecule has 0 bridgehead atoms. The number of unbranched alkanes of at least 4 members (excludes halogenated alkanes) is 3. The smallest absolute Gasteiger partial charge is 0.343 e. The van der Waals surface area contributed by atoms with Gasteiger partial charge in [-0.1, -0.05) is 46.1 Å². The van der Waals surface area contributed by atoms with Gasteiger partial charge < -0.3 is 33.2 Å². The molecule has 0 atom stereocenters. The molecule has 0 heterocycles. The van der Waals surface area contributed by atoms with Crippen molar-refractivity contribution in [1.29, 1.82) is 0 Å². The van der Waals surface area contributed by atoms with E-state index in [0.29, 0.717) is 48.2 Å². The number of hydrogen-bond donors (Lipinski definition) is 0. The zero-order chi connectivity index (χ0) is 52.2. The number of amides is 2. The fourth-order valence-corrected chi connectivity index (χ4v) is 6.99. The summed E-state index contributed by atoms with van der Waals surface area (Å²) >= 11 is 0. The van der Waals surface area contributed by atoms with E-state index in [0.717, 1.165) is 43.4 Å². The number of ether oxygens (including phenoxy) is 7. The van der Waals surface area contributed by atoms with E-state index >= 15 is 0 Å². The van der Waals surface area contributed by atoms with Gasteiger partial charge in [-0.3, -0.25) is 9.59 Å². The summed E-state index contributed by atoms with van der Waals surface area (Å²) in [7, 11) is 0. The number of nitrogens with zero attached hydrogens (tertiary/aromatic N) is 1. The highest BCUT2D eigenvalue weighted by atomic mass is 16.5. The van der Waals surface area contributed by atoms with Crippen LogP contribution in [-0.2, 0) is 0 Å². The zero-order valence-corrected chi connectivity index (χ0v) is 41.3. The average Bonchev–Trinajstić information content (AvgIpc) is 3.42. The third-order valence-electron chi connectivity index (χ3n) is 11.2. The third kappa shape index (κ3) is 14.8. The van der Waals surface area contributed by atoms with Crippen molar-refractivity contribution in [1.82, 2.24) is 0 Å². The van der Waals surface area contributed by atoms with Crippen LogP contribution in [0.3, 0.4) is 0 Å². The monoisotopic (exact) mass is 997 g/mol. The molecule has 0 N–H and O–H groups in total. The summed E-state index contributed by atoms with van der Waals surface area (Å²) in [6.45, 7) is 7.80. The second-order valence-electron chi connectivity index (χ2n) is 16.8. The van der Waals surface area contributed by atoms with E-state index in [2.05, 4.69) is 13.8 Å². The van der Waals surface area contributed by atoms with Crippen LogP contribution in [0, 0.1) is 0 Å². The second-order valence-corrected chi connectivity index (χ2v) is 16.8. The highest BCUT2D eigenvalue weighted by Crippen LogP contribution is 2.28. The molecule has 0 aliphatic rings. The number of carbonyl (C=O) groups excluding carboxylic acids is 6. The van der Waals surface area contributed by atoms with E-state index in [1.165, 1.54) is 97.1 Å². The number of hydrogen-bond acceptors (Lipinski definition) is 13.